The minimum atomic E-state index is 0.437. The minimum absolute atomic E-state index is 0.437. The second-order valence-corrected chi connectivity index (χ2v) is 6.36. The van der Waals surface area contributed by atoms with Gasteiger partial charge in [0.05, 0.1) is 11.2 Å². The van der Waals surface area contributed by atoms with Crippen molar-refractivity contribution >= 4 is 16.6 Å². The molecule has 1 aliphatic heterocycles. The highest BCUT2D eigenvalue weighted by Crippen LogP contribution is 2.26. The summed E-state index contributed by atoms with van der Waals surface area (Å²) in [6.07, 6.45) is 5.27. The van der Waals surface area contributed by atoms with Gasteiger partial charge >= 0.3 is 0 Å². The van der Waals surface area contributed by atoms with Gasteiger partial charge in [-0.3, -0.25) is 4.98 Å². The van der Waals surface area contributed by atoms with Crippen molar-refractivity contribution in [1.29, 1.82) is 0 Å². The Morgan fingerprint density at radius 1 is 1.26 bits per heavy atom. The van der Waals surface area contributed by atoms with E-state index in [1.54, 1.807) is 0 Å². The molecule has 1 aromatic carbocycles. The monoisotopic (exact) mass is 306 g/mol. The quantitative estimate of drug-likeness (QED) is 0.802. The van der Waals surface area contributed by atoms with Crippen molar-refractivity contribution < 1.29 is 0 Å². The Hall–Kier alpha value is -2.36. The molecule has 4 heteroatoms. The van der Waals surface area contributed by atoms with Crippen molar-refractivity contribution in [2.45, 2.75) is 45.7 Å². The Morgan fingerprint density at radius 3 is 3.00 bits per heavy atom. The van der Waals surface area contributed by atoms with E-state index in [9.17, 15) is 0 Å². The average Bonchev–Trinajstić information content (AvgIpc) is 2.94. The summed E-state index contributed by atoms with van der Waals surface area (Å²) in [6.45, 7) is 5.20. The van der Waals surface area contributed by atoms with Crippen LogP contribution in [0.3, 0.4) is 0 Å². The molecule has 0 spiro atoms. The molecule has 0 bridgehead atoms. The zero-order valence-electron chi connectivity index (χ0n) is 13.7. The third kappa shape index (κ3) is 2.69. The van der Waals surface area contributed by atoms with Gasteiger partial charge in [-0.25, -0.2) is 4.98 Å². The number of hydrogen-bond donors (Lipinski definition) is 1. The molecule has 1 unspecified atom stereocenters. The first-order valence-corrected chi connectivity index (χ1v) is 8.41. The fourth-order valence-corrected chi connectivity index (χ4v) is 3.45. The van der Waals surface area contributed by atoms with Crippen molar-refractivity contribution in [3.05, 3.63) is 53.7 Å². The molecule has 1 aliphatic rings. The van der Waals surface area contributed by atoms with Gasteiger partial charge in [0.15, 0.2) is 0 Å². The molecule has 1 atom stereocenters. The Labute approximate surface area is 136 Å². The largest absolute Gasteiger partial charge is 0.380 e. The summed E-state index contributed by atoms with van der Waals surface area (Å²) in [5, 5.41) is 4.97. The number of nitrogens with one attached hydrogen (secondary N) is 1. The highest BCUT2D eigenvalue weighted by molar-refractivity contribution is 5.91. The second kappa shape index (κ2) is 5.69. The normalized spacial score (nSPS) is 17.2. The fraction of sp³-hybridized carbons (Fsp3) is 0.368. The number of hydrogen-bond acceptors (Lipinski definition) is 3. The first-order chi connectivity index (χ1) is 11.2. The van der Waals surface area contributed by atoms with Crippen molar-refractivity contribution in [1.82, 2.24) is 14.5 Å². The van der Waals surface area contributed by atoms with Crippen LogP contribution in [0.2, 0.25) is 0 Å². The number of aromatic nitrogens is 3. The molecule has 3 heterocycles. The molecule has 0 amide bonds. The van der Waals surface area contributed by atoms with Gasteiger partial charge in [-0.05, 0) is 31.9 Å². The summed E-state index contributed by atoms with van der Waals surface area (Å²) in [4.78, 5) is 9.33. The van der Waals surface area contributed by atoms with E-state index >= 15 is 0 Å². The number of rotatable bonds is 3. The van der Waals surface area contributed by atoms with Crippen molar-refractivity contribution in [3.63, 3.8) is 0 Å². The van der Waals surface area contributed by atoms with Gasteiger partial charge in [0.25, 0.3) is 0 Å². The number of fused-ring (bicyclic) bond motifs is 2. The van der Waals surface area contributed by atoms with Crippen LogP contribution in [0.25, 0.3) is 10.9 Å². The molecule has 3 aromatic rings. The van der Waals surface area contributed by atoms with Crippen molar-refractivity contribution in [2.75, 3.05) is 5.32 Å². The van der Waals surface area contributed by atoms with E-state index in [-0.39, 0.29) is 0 Å². The van der Waals surface area contributed by atoms with E-state index < -0.39 is 0 Å². The standard InChI is InChI=1S/C19H22N4/c1-3-14-10-18(16-6-4-5-7-17(16)21-14)22-15-8-9-19-20-13(2)11-23(19)12-15/h4-7,10-11,15H,3,8-9,12H2,1-2H3,(H,21,22). The van der Waals surface area contributed by atoms with Crippen LogP contribution in [-0.4, -0.2) is 20.6 Å². The fourth-order valence-electron chi connectivity index (χ4n) is 3.45. The van der Waals surface area contributed by atoms with Crippen LogP contribution in [0.4, 0.5) is 5.69 Å². The van der Waals surface area contributed by atoms with Gasteiger partial charge in [0.1, 0.15) is 5.82 Å². The molecule has 1 N–H and O–H groups in total. The molecule has 118 valence electrons. The first kappa shape index (κ1) is 14.2. The number of nitrogens with zero attached hydrogens (tertiary/aromatic N) is 3. The maximum absolute atomic E-state index is 4.73. The van der Waals surface area contributed by atoms with Crippen LogP contribution in [0.15, 0.2) is 36.5 Å². The third-order valence-electron chi connectivity index (χ3n) is 4.60. The molecule has 4 rings (SSSR count). The lowest BCUT2D eigenvalue weighted by Gasteiger charge is -2.26. The number of para-hydroxylation sites is 1. The van der Waals surface area contributed by atoms with Crippen LogP contribution >= 0.6 is 0 Å². The molecule has 0 radical (unpaired) electrons. The van der Waals surface area contributed by atoms with E-state index in [0.717, 1.165) is 42.7 Å². The molecular weight excluding hydrogens is 284 g/mol. The highest BCUT2D eigenvalue weighted by atomic mass is 15.1. The molecule has 0 saturated carbocycles. The highest BCUT2D eigenvalue weighted by Gasteiger charge is 2.20. The minimum Gasteiger partial charge on any atom is -0.380 e. The molecule has 2 aromatic heterocycles. The van der Waals surface area contributed by atoms with Crippen molar-refractivity contribution in [3.8, 4) is 0 Å². The van der Waals surface area contributed by atoms with E-state index in [1.165, 1.54) is 16.9 Å². The van der Waals surface area contributed by atoms with E-state index in [2.05, 4.69) is 65.2 Å². The summed E-state index contributed by atoms with van der Waals surface area (Å²) < 4.78 is 2.29. The number of anilines is 1. The van der Waals surface area contributed by atoms with E-state index in [0.29, 0.717) is 6.04 Å². The SMILES string of the molecule is CCc1cc(NC2CCc3nc(C)cn3C2)c2ccccc2n1. The van der Waals surface area contributed by atoms with Crippen LogP contribution in [-0.2, 0) is 19.4 Å². The predicted molar refractivity (Wildman–Crippen MR) is 93.8 cm³/mol. The average molecular weight is 306 g/mol. The summed E-state index contributed by atoms with van der Waals surface area (Å²) in [6, 6.07) is 11.0. The Morgan fingerprint density at radius 2 is 2.13 bits per heavy atom. The van der Waals surface area contributed by atoms with Gasteiger partial charge in [-0.15, -0.1) is 0 Å². The van der Waals surface area contributed by atoms with Gasteiger partial charge < -0.3 is 9.88 Å². The van der Waals surface area contributed by atoms with Gasteiger partial charge in [0, 0.05) is 42.0 Å². The Balaban J connectivity index is 1.65. The van der Waals surface area contributed by atoms with Gasteiger partial charge in [-0.1, -0.05) is 25.1 Å². The van der Waals surface area contributed by atoms with Gasteiger partial charge in [-0.2, -0.15) is 0 Å². The lowest BCUT2D eigenvalue weighted by molar-refractivity contribution is 0.477. The van der Waals surface area contributed by atoms with Crippen LogP contribution < -0.4 is 5.32 Å². The number of benzene rings is 1. The summed E-state index contributed by atoms with van der Waals surface area (Å²) in [5.74, 6) is 1.22. The first-order valence-electron chi connectivity index (χ1n) is 8.41. The van der Waals surface area contributed by atoms with E-state index in [4.69, 9.17) is 4.98 Å². The molecular formula is C19H22N4. The number of imidazole rings is 1. The maximum atomic E-state index is 4.73. The second-order valence-electron chi connectivity index (χ2n) is 6.36. The smallest absolute Gasteiger partial charge is 0.109 e. The molecule has 0 saturated heterocycles. The van der Waals surface area contributed by atoms with Crippen LogP contribution in [0, 0.1) is 6.92 Å². The topological polar surface area (TPSA) is 42.7 Å². The molecule has 23 heavy (non-hydrogen) atoms. The molecule has 4 nitrogen and oxygen atoms in total. The summed E-state index contributed by atoms with van der Waals surface area (Å²) in [7, 11) is 0. The lowest BCUT2D eigenvalue weighted by Crippen LogP contribution is -2.31. The Bertz CT molecular complexity index is 850. The maximum Gasteiger partial charge on any atom is 0.109 e. The summed E-state index contributed by atoms with van der Waals surface area (Å²) >= 11 is 0. The lowest BCUT2D eigenvalue weighted by atomic mass is 10.1. The molecule has 0 aliphatic carbocycles. The predicted octanol–water partition coefficient (Wildman–Crippen LogP) is 3.73. The van der Waals surface area contributed by atoms with Gasteiger partial charge in [0.2, 0.25) is 0 Å². The Kier molecular flexibility index (Phi) is 3.52. The number of pyridine rings is 1. The van der Waals surface area contributed by atoms with Crippen molar-refractivity contribution in [2.24, 2.45) is 0 Å². The van der Waals surface area contributed by atoms with Crippen LogP contribution in [0.1, 0.15) is 30.6 Å². The molecule has 0 fully saturated rings. The third-order valence-corrected chi connectivity index (χ3v) is 4.60. The van der Waals surface area contributed by atoms with Crippen LogP contribution in [0.5, 0.6) is 0 Å². The number of aryl methyl sites for hydroxylation is 3. The van der Waals surface area contributed by atoms with E-state index in [1.807, 2.05) is 0 Å². The zero-order chi connectivity index (χ0) is 15.8. The zero-order valence-corrected chi connectivity index (χ0v) is 13.7. The summed E-state index contributed by atoms with van der Waals surface area (Å²) in [5.41, 5.74) is 4.53.